The molecule has 4 aliphatic carbocycles. The van der Waals surface area contributed by atoms with Crippen molar-refractivity contribution in [3.05, 3.63) is 0 Å². The van der Waals surface area contributed by atoms with Gasteiger partial charge in [0.25, 0.3) is 0 Å². The molecule has 4 nitrogen and oxygen atoms in total. The van der Waals surface area contributed by atoms with Crippen molar-refractivity contribution < 1.29 is 9.90 Å². The first-order valence-corrected chi connectivity index (χ1v) is 7.67. The van der Waals surface area contributed by atoms with Crippen LogP contribution < -0.4 is 5.32 Å². The van der Waals surface area contributed by atoms with E-state index in [0.717, 1.165) is 17.8 Å². The first-order chi connectivity index (χ1) is 9.01. The van der Waals surface area contributed by atoms with Gasteiger partial charge in [-0.1, -0.05) is 0 Å². The fourth-order valence-electron chi connectivity index (χ4n) is 4.90. The highest BCUT2D eigenvalue weighted by Crippen LogP contribution is 2.55. The van der Waals surface area contributed by atoms with Gasteiger partial charge in [0.2, 0.25) is 0 Å². The van der Waals surface area contributed by atoms with Gasteiger partial charge in [0.1, 0.15) is 0 Å². The van der Waals surface area contributed by atoms with Gasteiger partial charge >= 0.3 is 6.03 Å². The van der Waals surface area contributed by atoms with Crippen molar-refractivity contribution in [2.45, 2.75) is 57.0 Å². The summed E-state index contributed by atoms with van der Waals surface area (Å²) in [5.74, 6) is 2.52. The average Bonchev–Trinajstić information content (AvgIpc) is 2.34. The lowest BCUT2D eigenvalue weighted by molar-refractivity contribution is -0.0161. The molecule has 0 radical (unpaired) electrons. The van der Waals surface area contributed by atoms with Gasteiger partial charge in [-0.15, -0.1) is 0 Å². The summed E-state index contributed by atoms with van der Waals surface area (Å²) in [4.78, 5) is 14.0. The molecule has 4 saturated carbocycles. The van der Waals surface area contributed by atoms with Crippen LogP contribution in [-0.4, -0.2) is 41.3 Å². The molecule has 19 heavy (non-hydrogen) atoms. The zero-order chi connectivity index (χ0) is 13.6. The van der Waals surface area contributed by atoms with Crippen LogP contribution in [0.1, 0.15) is 45.4 Å². The number of aliphatic hydroxyl groups excluding tert-OH is 1. The molecule has 1 unspecified atom stereocenters. The minimum atomic E-state index is -0.117. The van der Waals surface area contributed by atoms with Crippen LogP contribution in [0.5, 0.6) is 0 Å². The summed E-state index contributed by atoms with van der Waals surface area (Å²) in [6, 6.07) is -0.127. The Kier molecular flexibility index (Phi) is 3.24. The number of urea groups is 1. The number of aliphatic hydroxyl groups is 1. The SMILES string of the molecule is CC(CO)N(C)C(=O)NC12CC3CC(CC(C3)C1)C2. The highest BCUT2D eigenvalue weighted by atomic mass is 16.3. The lowest BCUT2D eigenvalue weighted by Gasteiger charge is -2.57. The van der Waals surface area contributed by atoms with E-state index in [1.54, 1.807) is 11.9 Å². The summed E-state index contributed by atoms with van der Waals surface area (Å²) in [7, 11) is 1.77. The lowest BCUT2D eigenvalue weighted by Crippen LogP contribution is -2.62. The van der Waals surface area contributed by atoms with E-state index in [-0.39, 0.29) is 24.2 Å². The fourth-order valence-corrected chi connectivity index (χ4v) is 4.90. The summed E-state index contributed by atoms with van der Waals surface area (Å²) in [5, 5.41) is 12.5. The molecule has 0 aromatic carbocycles. The molecule has 0 heterocycles. The van der Waals surface area contributed by atoms with Crippen LogP contribution in [0.4, 0.5) is 4.79 Å². The maximum atomic E-state index is 12.3. The Hall–Kier alpha value is -0.770. The molecule has 0 aromatic rings. The number of likely N-dealkylation sites (N-methyl/N-ethyl adjacent to an activating group) is 1. The van der Waals surface area contributed by atoms with Gasteiger partial charge in [-0.05, 0) is 63.2 Å². The predicted octanol–water partition coefficient (Wildman–Crippen LogP) is 1.98. The number of hydrogen-bond acceptors (Lipinski definition) is 2. The van der Waals surface area contributed by atoms with E-state index >= 15 is 0 Å². The Morgan fingerprint density at radius 3 is 2.16 bits per heavy atom. The van der Waals surface area contributed by atoms with E-state index in [4.69, 9.17) is 5.11 Å². The molecule has 2 amide bonds. The Bertz CT molecular complexity index is 334. The number of carbonyl (C=O) groups is 1. The third-order valence-corrected chi connectivity index (χ3v) is 5.66. The standard InChI is InChI=1S/C15H26N2O2/c1-10(9-18)17(2)14(19)16-15-6-11-3-12(7-15)5-13(4-11)8-15/h10-13,18H,3-9H2,1-2H3,(H,16,19). The second-order valence-electron chi connectivity index (χ2n) is 7.27. The Morgan fingerprint density at radius 1 is 1.26 bits per heavy atom. The van der Waals surface area contributed by atoms with E-state index in [9.17, 15) is 4.79 Å². The van der Waals surface area contributed by atoms with Gasteiger partial charge in [0.15, 0.2) is 0 Å². The van der Waals surface area contributed by atoms with Gasteiger partial charge in [-0.2, -0.15) is 0 Å². The third kappa shape index (κ3) is 2.35. The average molecular weight is 266 g/mol. The van der Waals surface area contributed by atoms with Crippen molar-refractivity contribution in [2.75, 3.05) is 13.7 Å². The lowest BCUT2D eigenvalue weighted by atomic mass is 9.53. The van der Waals surface area contributed by atoms with Crippen LogP contribution in [0, 0.1) is 17.8 Å². The second kappa shape index (κ2) is 4.65. The van der Waals surface area contributed by atoms with Crippen LogP contribution in [0.15, 0.2) is 0 Å². The molecular formula is C15H26N2O2. The van der Waals surface area contributed by atoms with E-state index < -0.39 is 0 Å². The van der Waals surface area contributed by atoms with E-state index in [0.29, 0.717) is 0 Å². The summed E-state index contributed by atoms with van der Waals surface area (Å²) in [6.07, 6.45) is 7.68. The maximum absolute atomic E-state index is 12.3. The minimum absolute atomic E-state index is 0.0106. The molecular weight excluding hydrogens is 240 g/mol. The van der Waals surface area contributed by atoms with Gasteiger partial charge in [-0.3, -0.25) is 0 Å². The summed E-state index contributed by atoms with van der Waals surface area (Å²) in [6.45, 7) is 1.89. The molecule has 108 valence electrons. The van der Waals surface area contributed by atoms with Crippen molar-refractivity contribution in [1.29, 1.82) is 0 Å². The van der Waals surface area contributed by atoms with E-state index in [2.05, 4.69) is 5.32 Å². The Balaban J connectivity index is 1.67. The van der Waals surface area contributed by atoms with Crippen LogP contribution in [0.2, 0.25) is 0 Å². The highest BCUT2D eigenvalue weighted by molar-refractivity contribution is 5.75. The van der Waals surface area contributed by atoms with Gasteiger partial charge in [0.05, 0.1) is 12.6 Å². The molecule has 0 aliphatic heterocycles. The molecule has 0 aromatic heterocycles. The van der Waals surface area contributed by atoms with Crippen molar-refractivity contribution in [3.63, 3.8) is 0 Å². The molecule has 0 saturated heterocycles. The van der Waals surface area contributed by atoms with Crippen LogP contribution >= 0.6 is 0 Å². The third-order valence-electron chi connectivity index (χ3n) is 5.66. The van der Waals surface area contributed by atoms with Crippen molar-refractivity contribution >= 4 is 6.03 Å². The number of carbonyl (C=O) groups excluding carboxylic acids is 1. The first kappa shape index (κ1) is 13.2. The molecule has 0 spiro atoms. The first-order valence-electron chi connectivity index (χ1n) is 7.67. The number of nitrogens with zero attached hydrogens (tertiary/aromatic N) is 1. The van der Waals surface area contributed by atoms with Crippen LogP contribution in [0.25, 0.3) is 0 Å². The highest BCUT2D eigenvalue weighted by Gasteiger charge is 2.51. The summed E-state index contributed by atoms with van der Waals surface area (Å²) >= 11 is 0. The second-order valence-corrected chi connectivity index (χ2v) is 7.27. The van der Waals surface area contributed by atoms with E-state index in [1.807, 2.05) is 6.92 Å². The zero-order valence-corrected chi connectivity index (χ0v) is 12.1. The molecule has 2 N–H and O–H groups in total. The summed E-state index contributed by atoms with van der Waals surface area (Å²) < 4.78 is 0. The quantitative estimate of drug-likeness (QED) is 0.820. The van der Waals surface area contributed by atoms with Crippen LogP contribution in [0.3, 0.4) is 0 Å². The number of rotatable bonds is 3. The Labute approximate surface area is 115 Å². The van der Waals surface area contributed by atoms with E-state index in [1.165, 1.54) is 38.5 Å². The van der Waals surface area contributed by atoms with Gasteiger partial charge < -0.3 is 15.3 Å². The minimum Gasteiger partial charge on any atom is -0.394 e. The molecule has 4 fully saturated rings. The maximum Gasteiger partial charge on any atom is 0.317 e. The van der Waals surface area contributed by atoms with Crippen LogP contribution in [-0.2, 0) is 0 Å². The summed E-state index contributed by atoms with van der Waals surface area (Å²) in [5.41, 5.74) is 0.0648. The number of amides is 2. The monoisotopic (exact) mass is 266 g/mol. The normalized spacial score (nSPS) is 41.1. The number of hydrogen-bond donors (Lipinski definition) is 2. The van der Waals surface area contributed by atoms with Gasteiger partial charge in [-0.25, -0.2) is 4.79 Å². The fraction of sp³-hybridized carbons (Fsp3) is 0.933. The largest absolute Gasteiger partial charge is 0.394 e. The molecule has 1 atom stereocenters. The van der Waals surface area contributed by atoms with Crippen molar-refractivity contribution in [2.24, 2.45) is 17.8 Å². The molecule has 4 aliphatic rings. The van der Waals surface area contributed by atoms with Gasteiger partial charge in [0, 0.05) is 12.6 Å². The molecule has 4 heteroatoms. The topological polar surface area (TPSA) is 52.6 Å². The smallest absolute Gasteiger partial charge is 0.317 e. The predicted molar refractivity (Wildman–Crippen MR) is 73.7 cm³/mol. The zero-order valence-electron chi connectivity index (χ0n) is 12.1. The molecule has 4 bridgehead atoms. The van der Waals surface area contributed by atoms with Crippen molar-refractivity contribution in [3.8, 4) is 0 Å². The molecule has 4 rings (SSSR count). The Morgan fingerprint density at radius 2 is 1.74 bits per heavy atom. The number of nitrogens with one attached hydrogen (secondary N) is 1. The van der Waals surface area contributed by atoms with Crippen molar-refractivity contribution in [1.82, 2.24) is 10.2 Å².